The molecule has 130 valence electrons. The molecule has 1 aliphatic heterocycles. The summed E-state index contributed by atoms with van der Waals surface area (Å²) < 4.78 is 0. The Morgan fingerprint density at radius 3 is 2.84 bits per heavy atom. The summed E-state index contributed by atoms with van der Waals surface area (Å²) in [6.07, 6.45) is 1.18. The van der Waals surface area contributed by atoms with Crippen LogP contribution in [0.25, 0.3) is 0 Å². The van der Waals surface area contributed by atoms with Crippen molar-refractivity contribution in [2.75, 3.05) is 0 Å². The van der Waals surface area contributed by atoms with Crippen molar-refractivity contribution >= 4 is 28.9 Å². The molecule has 0 spiro atoms. The van der Waals surface area contributed by atoms with Gasteiger partial charge in [0.2, 0.25) is 5.91 Å². The lowest BCUT2D eigenvalue weighted by atomic mass is 9.98. The van der Waals surface area contributed by atoms with Crippen molar-refractivity contribution in [3.05, 3.63) is 57.8 Å². The molecule has 1 aliphatic rings. The quantitative estimate of drug-likeness (QED) is 0.851. The molecular weight excluding hydrogens is 336 g/mol. The number of carboxylic acids is 1. The smallest absolute Gasteiger partial charge is 0.303 e. The largest absolute Gasteiger partial charge is 0.481 e. The Hall–Kier alpha value is -2.47. The van der Waals surface area contributed by atoms with Gasteiger partial charge in [0.25, 0.3) is 0 Å². The van der Waals surface area contributed by atoms with Crippen molar-refractivity contribution in [1.82, 2.24) is 5.01 Å². The maximum Gasteiger partial charge on any atom is 0.303 e. The molecule has 0 radical (unpaired) electrons. The maximum atomic E-state index is 12.6. The van der Waals surface area contributed by atoms with Crippen molar-refractivity contribution < 1.29 is 14.7 Å². The van der Waals surface area contributed by atoms with Gasteiger partial charge in [-0.1, -0.05) is 29.8 Å². The van der Waals surface area contributed by atoms with E-state index < -0.39 is 5.97 Å². The summed E-state index contributed by atoms with van der Waals surface area (Å²) in [6.45, 7) is 2.03. The fraction of sp³-hybridized carbons (Fsp3) is 0.316. The molecule has 1 N–H and O–H groups in total. The van der Waals surface area contributed by atoms with Crippen LogP contribution < -0.4 is 0 Å². The normalized spacial score (nSPS) is 16.8. The summed E-state index contributed by atoms with van der Waals surface area (Å²) in [5.41, 5.74) is 4.14. The molecule has 0 fully saturated rings. The molecule has 1 aromatic heterocycles. The van der Waals surface area contributed by atoms with Crippen LogP contribution in [0, 0.1) is 6.92 Å². The van der Waals surface area contributed by atoms with E-state index >= 15 is 0 Å². The second-order valence-corrected chi connectivity index (χ2v) is 6.96. The molecule has 2 heterocycles. The average Bonchev–Trinajstić information content (AvgIpc) is 3.24. The first-order valence-corrected chi connectivity index (χ1v) is 9.19. The maximum absolute atomic E-state index is 12.6. The van der Waals surface area contributed by atoms with Crippen LogP contribution in [-0.2, 0) is 9.59 Å². The molecule has 25 heavy (non-hydrogen) atoms. The lowest BCUT2D eigenvalue weighted by molar-refractivity contribution is -0.137. The lowest BCUT2D eigenvalue weighted by Crippen LogP contribution is -2.27. The zero-order chi connectivity index (χ0) is 17.8. The van der Waals surface area contributed by atoms with Gasteiger partial charge in [0.05, 0.1) is 11.8 Å². The van der Waals surface area contributed by atoms with Gasteiger partial charge < -0.3 is 5.11 Å². The molecule has 3 rings (SSSR count). The zero-order valence-electron chi connectivity index (χ0n) is 14.0. The molecule has 0 bridgehead atoms. The highest BCUT2D eigenvalue weighted by atomic mass is 32.1. The van der Waals surface area contributed by atoms with Crippen LogP contribution in [0.1, 0.15) is 48.4 Å². The summed E-state index contributed by atoms with van der Waals surface area (Å²) in [5, 5.41) is 18.9. The molecular formula is C19H20N2O3S. The van der Waals surface area contributed by atoms with E-state index in [-0.39, 0.29) is 24.8 Å². The fourth-order valence-corrected chi connectivity index (χ4v) is 3.65. The minimum absolute atomic E-state index is 0.00417. The number of amides is 1. The Labute approximate surface area is 150 Å². The standard InChI is InChI=1S/C19H20N2O3S/c1-13-4-2-5-14(10-13)17-11-16(15-8-9-25-12-15)20-21(17)18(22)6-3-7-19(23)24/h2,4-5,8-10,12,17H,3,6-7,11H2,1H3,(H,23,24). The Morgan fingerprint density at radius 2 is 2.16 bits per heavy atom. The molecule has 1 unspecified atom stereocenters. The van der Waals surface area contributed by atoms with Gasteiger partial charge in [-0.2, -0.15) is 16.4 Å². The van der Waals surface area contributed by atoms with Crippen LogP contribution in [-0.4, -0.2) is 27.7 Å². The Kier molecular flexibility index (Phi) is 5.28. The number of aliphatic carboxylic acids is 1. The molecule has 1 atom stereocenters. The van der Waals surface area contributed by atoms with Crippen LogP contribution >= 0.6 is 11.3 Å². The molecule has 6 heteroatoms. The summed E-state index contributed by atoms with van der Waals surface area (Å²) in [7, 11) is 0. The average molecular weight is 356 g/mol. The summed E-state index contributed by atoms with van der Waals surface area (Å²) >= 11 is 1.60. The monoisotopic (exact) mass is 356 g/mol. The number of nitrogens with zero attached hydrogens (tertiary/aromatic N) is 2. The van der Waals surface area contributed by atoms with Gasteiger partial charge in [-0.25, -0.2) is 5.01 Å². The number of carbonyl (C=O) groups excluding carboxylic acids is 1. The van der Waals surface area contributed by atoms with E-state index in [4.69, 9.17) is 5.11 Å². The van der Waals surface area contributed by atoms with E-state index in [2.05, 4.69) is 11.2 Å². The van der Waals surface area contributed by atoms with Crippen molar-refractivity contribution in [3.63, 3.8) is 0 Å². The SMILES string of the molecule is Cc1cccc(C2CC(c3ccsc3)=NN2C(=O)CCCC(=O)O)c1. The van der Waals surface area contributed by atoms with Gasteiger partial charge >= 0.3 is 5.97 Å². The summed E-state index contributed by atoms with van der Waals surface area (Å²) in [5.74, 6) is -1.01. The number of carboxylic acid groups (broad SMARTS) is 1. The van der Waals surface area contributed by atoms with Gasteiger partial charge in [0.15, 0.2) is 0 Å². The van der Waals surface area contributed by atoms with E-state index in [1.54, 1.807) is 16.3 Å². The number of aryl methyl sites for hydroxylation is 1. The zero-order valence-corrected chi connectivity index (χ0v) is 14.8. The van der Waals surface area contributed by atoms with Crippen molar-refractivity contribution in [2.45, 2.75) is 38.6 Å². The molecule has 0 saturated carbocycles. The summed E-state index contributed by atoms with van der Waals surface area (Å²) in [4.78, 5) is 23.3. The number of hydrogen-bond donors (Lipinski definition) is 1. The van der Waals surface area contributed by atoms with Crippen molar-refractivity contribution in [2.24, 2.45) is 5.10 Å². The molecule has 0 aliphatic carbocycles. The third kappa shape index (κ3) is 4.14. The van der Waals surface area contributed by atoms with Crippen molar-refractivity contribution in [1.29, 1.82) is 0 Å². The van der Waals surface area contributed by atoms with Crippen LogP contribution in [0.5, 0.6) is 0 Å². The first kappa shape index (κ1) is 17.4. The lowest BCUT2D eigenvalue weighted by Gasteiger charge is -2.22. The predicted molar refractivity (Wildman–Crippen MR) is 97.7 cm³/mol. The number of hydrazone groups is 1. The Balaban J connectivity index is 1.83. The molecule has 2 aromatic rings. The minimum atomic E-state index is -0.882. The highest BCUT2D eigenvalue weighted by molar-refractivity contribution is 7.08. The first-order valence-electron chi connectivity index (χ1n) is 8.25. The van der Waals surface area contributed by atoms with E-state index in [1.807, 2.05) is 41.9 Å². The van der Waals surface area contributed by atoms with E-state index in [9.17, 15) is 9.59 Å². The topological polar surface area (TPSA) is 70.0 Å². The number of rotatable bonds is 6. The summed E-state index contributed by atoms with van der Waals surface area (Å²) in [6, 6.07) is 9.98. The van der Waals surface area contributed by atoms with E-state index in [0.29, 0.717) is 12.8 Å². The van der Waals surface area contributed by atoms with Gasteiger partial charge in [0, 0.05) is 24.8 Å². The highest BCUT2D eigenvalue weighted by Crippen LogP contribution is 2.34. The Morgan fingerprint density at radius 1 is 1.32 bits per heavy atom. The van der Waals surface area contributed by atoms with Gasteiger partial charge in [-0.3, -0.25) is 9.59 Å². The third-order valence-electron chi connectivity index (χ3n) is 4.23. The molecule has 1 amide bonds. The number of thiophene rings is 1. The number of benzene rings is 1. The fourth-order valence-electron chi connectivity index (χ4n) is 2.99. The molecule has 1 aromatic carbocycles. The van der Waals surface area contributed by atoms with E-state index in [0.717, 1.165) is 22.4 Å². The molecule has 0 saturated heterocycles. The first-order chi connectivity index (χ1) is 12.0. The molecule has 5 nitrogen and oxygen atoms in total. The predicted octanol–water partition coefficient (Wildman–Crippen LogP) is 3.99. The Bertz CT molecular complexity index is 799. The van der Waals surface area contributed by atoms with Crippen LogP contribution in [0.15, 0.2) is 46.2 Å². The van der Waals surface area contributed by atoms with Crippen molar-refractivity contribution in [3.8, 4) is 0 Å². The van der Waals surface area contributed by atoms with Crippen LogP contribution in [0.4, 0.5) is 0 Å². The highest BCUT2D eigenvalue weighted by Gasteiger charge is 2.32. The minimum Gasteiger partial charge on any atom is -0.481 e. The van der Waals surface area contributed by atoms with Gasteiger partial charge in [-0.05, 0) is 35.7 Å². The third-order valence-corrected chi connectivity index (χ3v) is 4.91. The van der Waals surface area contributed by atoms with Gasteiger partial charge in [0.1, 0.15) is 0 Å². The van der Waals surface area contributed by atoms with Crippen LogP contribution in [0.2, 0.25) is 0 Å². The number of carbonyl (C=O) groups is 2. The second kappa shape index (κ2) is 7.61. The van der Waals surface area contributed by atoms with E-state index in [1.165, 1.54) is 0 Å². The van der Waals surface area contributed by atoms with Crippen LogP contribution in [0.3, 0.4) is 0 Å². The van der Waals surface area contributed by atoms with Gasteiger partial charge in [-0.15, -0.1) is 0 Å². The number of hydrogen-bond acceptors (Lipinski definition) is 4. The second-order valence-electron chi connectivity index (χ2n) is 6.18.